The Hall–Kier alpha value is -1.07. The van der Waals surface area contributed by atoms with E-state index in [4.69, 9.17) is 18.9 Å². The topological polar surface area (TPSA) is 135 Å². The van der Waals surface area contributed by atoms with E-state index in [2.05, 4.69) is 13.8 Å². The van der Waals surface area contributed by atoms with Gasteiger partial charge in [0.25, 0.3) is 0 Å². The largest absolute Gasteiger partial charge is 0.458 e. The maximum atomic E-state index is 12.4. The number of esters is 1. The number of rotatable bonds is 4. The van der Waals surface area contributed by atoms with Gasteiger partial charge in [0.05, 0.1) is 23.9 Å². The molecule has 0 amide bonds. The van der Waals surface area contributed by atoms with Gasteiger partial charge in [-0.2, -0.15) is 0 Å². The highest BCUT2D eigenvalue weighted by atomic mass is 16.7. The second-order valence-corrected chi connectivity index (χ2v) is 13.9. The van der Waals surface area contributed by atoms with Gasteiger partial charge in [-0.15, -0.1) is 0 Å². The Bertz CT molecular complexity index is 1000. The number of cyclic esters (lactones) is 1. The molecule has 2 heterocycles. The van der Waals surface area contributed by atoms with Crippen LogP contribution in [0, 0.1) is 34.5 Å². The average Bonchev–Trinajstić information content (AvgIpc) is 3.42. The van der Waals surface area contributed by atoms with E-state index in [0.717, 1.165) is 44.1 Å². The lowest BCUT2D eigenvalue weighted by atomic mass is 9.42. The highest BCUT2D eigenvalue weighted by molar-refractivity contribution is 5.85. The first-order valence-electron chi connectivity index (χ1n) is 14.9. The molecule has 0 spiro atoms. The zero-order valence-electron chi connectivity index (χ0n) is 23.6. The summed E-state index contributed by atoms with van der Waals surface area (Å²) in [5.41, 5.74) is -0.550. The quantitative estimate of drug-likeness (QED) is 0.307. The lowest BCUT2D eigenvalue weighted by Crippen LogP contribution is -2.66. The van der Waals surface area contributed by atoms with Crippen LogP contribution in [-0.4, -0.2) is 88.6 Å². The molecule has 0 bridgehead atoms. The molecule has 4 saturated carbocycles. The van der Waals surface area contributed by atoms with Crippen LogP contribution >= 0.6 is 0 Å². The molecular weight excluding hydrogens is 504 g/mol. The Labute approximate surface area is 230 Å². The number of methoxy groups -OCH3 is 1. The van der Waals surface area contributed by atoms with Gasteiger partial charge in [-0.05, 0) is 93.0 Å². The summed E-state index contributed by atoms with van der Waals surface area (Å²) in [5.74, 6) is 0.0523. The average molecular weight is 551 g/mol. The fourth-order valence-corrected chi connectivity index (χ4v) is 10.2. The number of fused-ring (bicyclic) bond motifs is 5. The molecule has 14 atom stereocenters. The standard InChI is InChI=1S/C30H46O9/c1-15-24(33)26(36-4)25(34)27(38-15)39-18-7-9-28(2)17(12-18)5-6-20-23(28)21(31)13-29(3)19(8-10-30(20,29)35)16-11-22(32)37-14-16/h11,15,17-21,23-27,31,33-35H,5-10,12-14H2,1-4H3/t15-,17-,18-,19-,20-,21-,23-,24-,25+,26+,27-,28-,29+,30-/m0/s1. The summed E-state index contributed by atoms with van der Waals surface area (Å²) in [6.45, 7) is 6.46. The van der Waals surface area contributed by atoms with Crippen molar-refractivity contribution in [2.75, 3.05) is 13.7 Å². The SMILES string of the molecule is CO[C@@H]1[C@@H](O)[C@H](C)O[C@@H](O[C@H]2CC[C@@]3(C)[C@@H](CC[C@H]4[C@H]3[C@@H](O)C[C@]3(C)[C@H](C5=CC(=O)OC5)CC[C@]43O)C2)[C@@H]1O. The zero-order valence-corrected chi connectivity index (χ0v) is 23.6. The first kappa shape index (κ1) is 28.1. The third kappa shape index (κ3) is 4.09. The van der Waals surface area contributed by atoms with Crippen LogP contribution < -0.4 is 0 Å². The molecule has 5 fully saturated rings. The predicted octanol–water partition coefficient (Wildman–Crippen LogP) is 2.08. The maximum Gasteiger partial charge on any atom is 0.331 e. The number of hydrogen-bond donors (Lipinski definition) is 4. The van der Waals surface area contributed by atoms with Crippen LogP contribution in [-0.2, 0) is 23.7 Å². The second kappa shape index (κ2) is 9.75. The lowest BCUT2D eigenvalue weighted by Gasteiger charge is -2.65. The normalized spacial score (nSPS) is 55.3. The van der Waals surface area contributed by atoms with Crippen LogP contribution in [0.5, 0.6) is 0 Å². The van der Waals surface area contributed by atoms with Crippen molar-refractivity contribution in [2.45, 2.75) is 121 Å². The molecule has 4 N–H and O–H groups in total. The van der Waals surface area contributed by atoms with Gasteiger partial charge in [0.2, 0.25) is 0 Å². The molecule has 9 nitrogen and oxygen atoms in total. The molecule has 9 heteroatoms. The summed E-state index contributed by atoms with van der Waals surface area (Å²) in [7, 11) is 1.47. The molecule has 0 radical (unpaired) electrons. The molecule has 0 aromatic rings. The van der Waals surface area contributed by atoms with Gasteiger partial charge in [0, 0.05) is 18.6 Å². The van der Waals surface area contributed by atoms with E-state index in [0.29, 0.717) is 25.4 Å². The Morgan fingerprint density at radius 1 is 1.05 bits per heavy atom. The van der Waals surface area contributed by atoms with E-state index in [9.17, 15) is 25.2 Å². The van der Waals surface area contributed by atoms with Gasteiger partial charge in [-0.3, -0.25) is 0 Å². The molecule has 0 unspecified atom stereocenters. The van der Waals surface area contributed by atoms with E-state index in [1.165, 1.54) is 7.11 Å². The minimum Gasteiger partial charge on any atom is -0.458 e. The Morgan fingerprint density at radius 2 is 1.82 bits per heavy atom. The minimum absolute atomic E-state index is 0.00175. The van der Waals surface area contributed by atoms with Crippen LogP contribution in [0.1, 0.15) is 72.1 Å². The molecule has 4 aliphatic carbocycles. The number of aliphatic hydroxyl groups excluding tert-OH is 3. The zero-order chi connectivity index (χ0) is 27.9. The Kier molecular flexibility index (Phi) is 7.02. The van der Waals surface area contributed by atoms with Crippen molar-refractivity contribution >= 4 is 5.97 Å². The van der Waals surface area contributed by atoms with Crippen molar-refractivity contribution in [3.05, 3.63) is 11.6 Å². The number of hydrogen-bond acceptors (Lipinski definition) is 9. The van der Waals surface area contributed by atoms with Crippen molar-refractivity contribution in [1.29, 1.82) is 0 Å². The summed E-state index contributed by atoms with van der Waals surface area (Å²) < 4.78 is 22.7. The summed E-state index contributed by atoms with van der Waals surface area (Å²) in [4.78, 5) is 11.8. The third-order valence-corrected chi connectivity index (χ3v) is 12.3. The number of carbonyl (C=O) groups excluding carboxylic acids is 1. The molecule has 220 valence electrons. The molecule has 39 heavy (non-hydrogen) atoms. The molecule has 0 aromatic carbocycles. The third-order valence-electron chi connectivity index (χ3n) is 12.3. The Balaban J connectivity index is 1.18. The van der Waals surface area contributed by atoms with Gasteiger partial charge >= 0.3 is 5.97 Å². The highest BCUT2D eigenvalue weighted by Gasteiger charge is 2.70. The molecule has 2 aliphatic heterocycles. The van der Waals surface area contributed by atoms with Crippen molar-refractivity contribution in [3.8, 4) is 0 Å². The van der Waals surface area contributed by atoms with E-state index < -0.39 is 47.8 Å². The summed E-state index contributed by atoms with van der Waals surface area (Å²) in [6, 6.07) is 0. The van der Waals surface area contributed by atoms with Gasteiger partial charge < -0.3 is 39.4 Å². The summed E-state index contributed by atoms with van der Waals surface area (Å²) in [6.07, 6.45) is 3.05. The van der Waals surface area contributed by atoms with Gasteiger partial charge in [0.1, 0.15) is 24.9 Å². The highest BCUT2D eigenvalue weighted by Crippen LogP contribution is 2.70. The first-order chi connectivity index (χ1) is 18.4. The van der Waals surface area contributed by atoms with Crippen LogP contribution in [0.25, 0.3) is 0 Å². The number of aliphatic hydroxyl groups is 4. The molecule has 1 saturated heterocycles. The van der Waals surface area contributed by atoms with Gasteiger partial charge in [0.15, 0.2) is 6.29 Å². The summed E-state index contributed by atoms with van der Waals surface area (Å²) in [5, 5.41) is 45.2. The van der Waals surface area contributed by atoms with Gasteiger partial charge in [-0.1, -0.05) is 13.8 Å². The number of ether oxygens (including phenoxy) is 4. The summed E-state index contributed by atoms with van der Waals surface area (Å²) >= 11 is 0. The first-order valence-corrected chi connectivity index (χ1v) is 14.9. The van der Waals surface area contributed by atoms with Crippen molar-refractivity contribution < 1.29 is 44.2 Å². The van der Waals surface area contributed by atoms with Crippen molar-refractivity contribution in [1.82, 2.24) is 0 Å². The van der Waals surface area contributed by atoms with Crippen LogP contribution in [0.2, 0.25) is 0 Å². The second-order valence-electron chi connectivity index (χ2n) is 13.9. The maximum absolute atomic E-state index is 12.4. The van der Waals surface area contributed by atoms with Crippen molar-refractivity contribution in [3.63, 3.8) is 0 Å². The van der Waals surface area contributed by atoms with Crippen LogP contribution in [0.3, 0.4) is 0 Å². The van der Waals surface area contributed by atoms with Crippen LogP contribution in [0.15, 0.2) is 11.6 Å². The van der Waals surface area contributed by atoms with E-state index in [1.54, 1.807) is 13.0 Å². The molecular formula is C30H46O9. The molecule has 0 aromatic heterocycles. The van der Waals surface area contributed by atoms with Crippen molar-refractivity contribution in [2.24, 2.45) is 34.5 Å². The Morgan fingerprint density at radius 3 is 2.51 bits per heavy atom. The fraction of sp³-hybridized carbons (Fsp3) is 0.900. The number of carbonyl (C=O) groups is 1. The molecule has 6 rings (SSSR count). The van der Waals surface area contributed by atoms with Gasteiger partial charge in [-0.25, -0.2) is 4.79 Å². The minimum atomic E-state index is -1.08. The van der Waals surface area contributed by atoms with Crippen LogP contribution in [0.4, 0.5) is 0 Å². The molecule has 6 aliphatic rings. The smallest absolute Gasteiger partial charge is 0.331 e. The van der Waals surface area contributed by atoms with E-state index in [-0.39, 0.29) is 35.2 Å². The predicted molar refractivity (Wildman–Crippen MR) is 139 cm³/mol. The fourth-order valence-electron chi connectivity index (χ4n) is 10.2. The van der Waals surface area contributed by atoms with E-state index in [1.807, 2.05) is 0 Å². The monoisotopic (exact) mass is 550 g/mol. The van der Waals surface area contributed by atoms with E-state index >= 15 is 0 Å². The lowest BCUT2D eigenvalue weighted by molar-refractivity contribution is -0.314.